The van der Waals surface area contributed by atoms with Crippen molar-refractivity contribution in [2.24, 2.45) is 11.8 Å². The fourth-order valence-corrected chi connectivity index (χ4v) is 3.36. The van der Waals surface area contributed by atoms with Crippen molar-refractivity contribution in [2.45, 2.75) is 58.3 Å². The summed E-state index contributed by atoms with van der Waals surface area (Å²) in [5.41, 5.74) is 2.23. The molecule has 1 fully saturated rings. The van der Waals surface area contributed by atoms with E-state index >= 15 is 0 Å². The van der Waals surface area contributed by atoms with Crippen LogP contribution in [0.4, 0.5) is 5.69 Å². The Morgan fingerprint density at radius 1 is 0.958 bits per heavy atom. The van der Waals surface area contributed by atoms with Crippen LogP contribution in [0.5, 0.6) is 0 Å². The zero-order chi connectivity index (χ0) is 17.2. The molecule has 0 N–H and O–H groups in total. The molecule has 0 radical (unpaired) electrons. The van der Waals surface area contributed by atoms with E-state index in [-0.39, 0.29) is 0 Å². The van der Waals surface area contributed by atoms with E-state index in [1.54, 1.807) is 0 Å². The highest BCUT2D eigenvalue weighted by Gasteiger charge is 2.19. The summed E-state index contributed by atoms with van der Waals surface area (Å²) in [7, 11) is 4.09. The molecule has 1 saturated carbocycles. The minimum absolute atomic E-state index is 0.567. The summed E-state index contributed by atoms with van der Waals surface area (Å²) >= 11 is 0. The average molecular weight is 322 g/mol. The maximum absolute atomic E-state index is 3.38. The van der Waals surface area contributed by atoms with Gasteiger partial charge in [-0.25, -0.2) is 0 Å². The second-order valence-corrected chi connectivity index (χ2v) is 7.17. The van der Waals surface area contributed by atoms with Gasteiger partial charge in [-0.1, -0.05) is 44.4 Å². The van der Waals surface area contributed by atoms with Crippen molar-refractivity contribution in [1.29, 1.82) is 0 Å². The average Bonchev–Trinajstić information content (AvgIpc) is 2.60. The summed E-state index contributed by atoms with van der Waals surface area (Å²) < 4.78 is 0. The highest BCUT2D eigenvalue weighted by Crippen LogP contribution is 2.31. The maximum Gasteiger partial charge on any atom is 0.0361 e. The molecule has 0 heterocycles. The molecule has 0 amide bonds. The van der Waals surface area contributed by atoms with Gasteiger partial charge < -0.3 is 4.90 Å². The lowest BCUT2D eigenvalue weighted by Crippen LogP contribution is -2.13. The lowest BCUT2D eigenvalue weighted by atomic mass is 9.80. The quantitative estimate of drug-likeness (QED) is 0.512. The molecule has 0 aromatic heterocycles. The van der Waals surface area contributed by atoms with Crippen LogP contribution in [0.3, 0.4) is 0 Å². The third kappa shape index (κ3) is 6.33. The monoisotopic (exact) mass is 321 g/mol. The molecule has 0 atom stereocenters. The highest BCUT2D eigenvalue weighted by atomic mass is 15.1. The minimum atomic E-state index is 0.567. The predicted octanol–water partition coefficient (Wildman–Crippen LogP) is 5.49. The number of anilines is 1. The van der Waals surface area contributed by atoms with Gasteiger partial charge in [0.25, 0.3) is 0 Å². The molecule has 1 aliphatic carbocycles. The van der Waals surface area contributed by atoms with Crippen LogP contribution in [-0.4, -0.2) is 14.1 Å². The van der Waals surface area contributed by atoms with E-state index in [0.717, 1.165) is 11.5 Å². The smallest absolute Gasteiger partial charge is 0.0361 e. The second kappa shape index (κ2) is 10.1. The summed E-state index contributed by atoms with van der Waals surface area (Å²) in [6.07, 6.45) is 10.8. The standard InChI is InChI=1S/C23H31N/c1-4-5-6-9-20-12-14-21(15-13-20)10-7-8-11-22-16-18-23(19-17-22)24(2)3/h16-21H,4-6,9,12-15H2,1-3H3. The first-order chi connectivity index (χ1) is 11.7. The number of rotatable bonds is 5. The van der Waals surface area contributed by atoms with Crippen molar-refractivity contribution in [2.75, 3.05) is 19.0 Å². The zero-order valence-electron chi connectivity index (χ0n) is 15.6. The Morgan fingerprint density at radius 3 is 2.29 bits per heavy atom. The van der Waals surface area contributed by atoms with Crippen LogP contribution < -0.4 is 4.90 Å². The Morgan fingerprint density at radius 2 is 1.67 bits per heavy atom. The molecule has 0 saturated heterocycles. The highest BCUT2D eigenvalue weighted by molar-refractivity contribution is 5.50. The first-order valence-electron chi connectivity index (χ1n) is 9.48. The number of unbranched alkanes of at least 4 members (excludes halogenated alkanes) is 2. The first kappa shape index (κ1) is 18.5. The van der Waals surface area contributed by atoms with E-state index in [1.165, 1.54) is 57.1 Å². The molecule has 2 rings (SSSR count). The fraction of sp³-hybridized carbons (Fsp3) is 0.565. The predicted molar refractivity (Wildman–Crippen MR) is 105 cm³/mol. The first-order valence-corrected chi connectivity index (χ1v) is 9.48. The van der Waals surface area contributed by atoms with Crippen LogP contribution in [0.2, 0.25) is 0 Å². The molecular formula is C23H31N. The number of nitrogens with zero attached hydrogens (tertiary/aromatic N) is 1. The van der Waals surface area contributed by atoms with Gasteiger partial charge in [0, 0.05) is 31.3 Å². The molecule has 1 aromatic carbocycles. The summed E-state index contributed by atoms with van der Waals surface area (Å²) in [5.74, 6) is 14.2. The molecule has 0 aliphatic heterocycles. The Labute approximate surface area is 148 Å². The lowest BCUT2D eigenvalue weighted by molar-refractivity contribution is 0.294. The molecule has 1 nitrogen and oxygen atoms in total. The van der Waals surface area contributed by atoms with Crippen LogP contribution in [0.25, 0.3) is 0 Å². The minimum Gasteiger partial charge on any atom is -0.378 e. The number of hydrogen-bond donors (Lipinski definition) is 0. The molecular weight excluding hydrogens is 290 g/mol. The Bertz CT molecular complexity index is 595. The van der Waals surface area contributed by atoms with Crippen molar-refractivity contribution < 1.29 is 0 Å². The molecule has 0 spiro atoms. The van der Waals surface area contributed by atoms with Crippen LogP contribution in [0.15, 0.2) is 24.3 Å². The van der Waals surface area contributed by atoms with Crippen molar-refractivity contribution in [1.82, 2.24) is 0 Å². The van der Waals surface area contributed by atoms with Gasteiger partial charge in [-0.15, -0.1) is 0 Å². The van der Waals surface area contributed by atoms with Crippen LogP contribution in [0, 0.1) is 35.5 Å². The van der Waals surface area contributed by atoms with Crippen LogP contribution >= 0.6 is 0 Å². The van der Waals surface area contributed by atoms with Gasteiger partial charge in [-0.05, 0) is 67.7 Å². The van der Waals surface area contributed by atoms with Gasteiger partial charge in [0.1, 0.15) is 0 Å². The Balaban J connectivity index is 1.76. The molecule has 128 valence electrons. The van der Waals surface area contributed by atoms with E-state index in [2.05, 4.69) is 59.8 Å². The summed E-state index contributed by atoms with van der Waals surface area (Å²) in [5, 5.41) is 0. The third-order valence-corrected chi connectivity index (χ3v) is 4.99. The van der Waals surface area contributed by atoms with E-state index in [1.807, 2.05) is 14.1 Å². The third-order valence-electron chi connectivity index (χ3n) is 4.99. The number of benzene rings is 1. The molecule has 0 bridgehead atoms. The molecule has 24 heavy (non-hydrogen) atoms. The van der Waals surface area contributed by atoms with E-state index < -0.39 is 0 Å². The normalized spacial score (nSPS) is 19.6. The zero-order valence-corrected chi connectivity index (χ0v) is 15.6. The van der Waals surface area contributed by atoms with Crippen molar-refractivity contribution in [3.05, 3.63) is 29.8 Å². The second-order valence-electron chi connectivity index (χ2n) is 7.17. The lowest BCUT2D eigenvalue weighted by Gasteiger charge is -2.25. The van der Waals surface area contributed by atoms with Crippen molar-refractivity contribution in [3.8, 4) is 23.7 Å². The van der Waals surface area contributed by atoms with E-state index in [4.69, 9.17) is 0 Å². The van der Waals surface area contributed by atoms with Crippen molar-refractivity contribution >= 4 is 5.69 Å². The summed E-state index contributed by atoms with van der Waals surface area (Å²) in [4.78, 5) is 2.09. The number of hydrogen-bond acceptors (Lipinski definition) is 1. The molecule has 1 aliphatic rings. The summed E-state index contributed by atoms with van der Waals surface area (Å²) in [6.45, 7) is 2.28. The molecule has 1 aromatic rings. The Hall–Kier alpha value is -1.86. The van der Waals surface area contributed by atoms with Crippen LogP contribution in [-0.2, 0) is 0 Å². The largest absolute Gasteiger partial charge is 0.378 e. The van der Waals surface area contributed by atoms with Gasteiger partial charge in [0.2, 0.25) is 0 Å². The van der Waals surface area contributed by atoms with Gasteiger partial charge in [-0.3, -0.25) is 0 Å². The van der Waals surface area contributed by atoms with E-state index in [0.29, 0.717) is 5.92 Å². The molecule has 0 unspecified atom stereocenters. The van der Waals surface area contributed by atoms with Gasteiger partial charge in [-0.2, -0.15) is 0 Å². The van der Waals surface area contributed by atoms with Gasteiger partial charge in [0.05, 0.1) is 0 Å². The van der Waals surface area contributed by atoms with Gasteiger partial charge >= 0.3 is 0 Å². The maximum atomic E-state index is 3.38. The van der Waals surface area contributed by atoms with Crippen LogP contribution in [0.1, 0.15) is 63.9 Å². The summed E-state index contributed by atoms with van der Waals surface area (Å²) in [6, 6.07) is 8.31. The van der Waals surface area contributed by atoms with Crippen molar-refractivity contribution in [3.63, 3.8) is 0 Å². The SMILES string of the molecule is CCCCCC1CCC(C#CC#Cc2ccc(N(C)C)cc2)CC1. The molecule has 1 heteroatoms. The Kier molecular flexibility index (Phi) is 7.77. The fourth-order valence-electron chi connectivity index (χ4n) is 3.36. The van der Waals surface area contributed by atoms with Gasteiger partial charge in [0.15, 0.2) is 0 Å². The van der Waals surface area contributed by atoms with E-state index in [9.17, 15) is 0 Å². The topological polar surface area (TPSA) is 3.24 Å².